The topological polar surface area (TPSA) is 118 Å². The van der Waals surface area contributed by atoms with Crippen molar-refractivity contribution >= 4 is 17.9 Å². The van der Waals surface area contributed by atoms with Gasteiger partial charge in [-0.3, -0.25) is 4.79 Å². The van der Waals surface area contributed by atoms with Crippen LogP contribution in [0.3, 0.4) is 0 Å². The van der Waals surface area contributed by atoms with Crippen molar-refractivity contribution in [1.82, 2.24) is 0 Å². The normalized spacial score (nSPS) is 35.6. The molecule has 1 N–H and O–H groups in total. The second-order valence-electron chi connectivity index (χ2n) is 8.82. The molecule has 1 saturated heterocycles. The van der Waals surface area contributed by atoms with Crippen LogP contribution in [-0.2, 0) is 38.1 Å². The SMILES string of the molecule is C=C(C)C(=O)OC1CC(C)(O)C2(OCC)CCC(C)(/C=C3/OC(=O)C(COC(C)=O)=C31)O2. The van der Waals surface area contributed by atoms with E-state index in [1.165, 1.54) is 13.8 Å². The van der Waals surface area contributed by atoms with Crippen molar-refractivity contribution in [1.29, 1.82) is 0 Å². The number of hydrogen-bond donors (Lipinski definition) is 1. The average Bonchev–Trinajstić information content (AvgIpc) is 3.17. The Balaban J connectivity index is 2.19. The summed E-state index contributed by atoms with van der Waals surface area (Å²) < 4.78 is 28.4. The zero-order valence-electron chi connectivity index (χ0n) is 19.1. The number of esters is 3. The molecule has 0 aliphatic carbocycles. The van der Waals surface area contributed by atoms with Crippen molar-refractivity contribution in [3.63, 3.8) is 0 Å². The van der Waals surface area contributed by atoms with Crippen LogP contribution in [0.5, 0.6) is 0 Å². The van der Waals surface area contributed by atoms with E-state index in [4.69, 9.17) is 23.7 Å². The molecule has 0 aromatic rings. The molecule has 0 saturated carbocycles. The summed E-state index contributed by atoms with van der Waals surface area (Å²) in [5.74, 6) is -3.23. The number of rotatable bonds is 6. The Bertz CT molecular complexity index is 912. The first-order valence-electron chi connectivity index (χ1n) is 10.6. The van der Waals surface area contributed by atoms with E-state index >= 15 is 0 Å². The zero-order chi connectivity index (χ0) is 23.9. The molecular formula is C23H30O9. The summed E-state index contributed by atoms with van der Waals surface area (Å²) in [6, 6.07) is 0. The van der Waals surface area contributed by atoms with Crippen LogP contribution in [0.1, 0.15) is 53.9 Å². The van der Waals surface area contributed by atoms with Crippen molar-refractivity contribution < 1.29 is 43.2 Å². The molecular weight excluding hydrogens is 420 g/mol. The molecule has 32 heavy (non-hydrogen) atoms. The van der Waals surface area contributed by atoms with Crippen molar-refractivity contribution in [3.05, 3.63) is 35.1 Å². The Kier molecular flexibility index (Phi) is 6.38. The first-order chi connectivity index (χ1) is 14.8. The van der Waals surface area contributed by atoms with Gasteiger partial charge in [-0.1, -0.05) is 6.58 Å². The molecule has 176 valence electrons. The Morgan fingerprint density at radius 2 is 1.97 bits per heavy atom. The highest BCUT2D eigenvalue weighted by molar-refractivity contribution is 5.96. The fraction of sp³-hybridized carbons (Fsp3) is 0.609. The monoisotopic (exact) mass is 450 g/mol. The zero-order valence-corrected chi connectivity index (χ0v) is 19.1. The quantitative estimate of drug-likeness (QED) is 0.369. The molecule has 0 amide bonds. The fourth-order valence-corrected chi connectivity index (χ4v) is 4.33. The highest BCUT2D eigenvalue weighted by Crippen LogP contribution is 2.51. The van der Waals surface area contributed by atoms with Gasteiger partial charge in [0, 0.05) is 37.5 Å². The molecule has 9 nitrogen and oxygen atoms in total. The van der Waals surface area contributed by atoms with E-state index in [0.29, 0.717) is 12.8 Å². The van der Waals surface area contributed by atoms with Crippen LogP contribution < -0.4 is 0 Å². The third-order valence-electron chi connectivity index (χ3n) is 5.95. The van der Waals surface area contributed by atoms with Crippen LogP contribution in [0.4, 0.5) is 0 Å². The molecule has 0 radical (unpaired) electrons. The van der Waals surface area contributed by atoms with E-state index in [1.807, 2.05) is 0 Å². The van der Waals surface area contributed by atoms with Crippen LogP contribution in [0.2, 0.25) is 0 Å². The highest BCUT2D eigenvalue weighted by Gasteiger charge is 2.60. The van der Waals surface area contributed by atoms with Gasteiger partial charge >= 0.3 is 17.9 Å². The van der Waals surface area contributed by atoms with E-state index in [1.54, 1.807) is 26.8 Å². The first-order valence-corrected chi connectivity index (χ1v) is 10.6. The standard InChI is InChI=1S/C23H30O9/c1-7-29-23-9-8-21(5,32-23)10-16-18(15(20(26)31-16)12-28-14(4)24)17(11-22(23,6)27)30-19(25)13(2)3/h10,17,27H,2,7-9,11-12H2,1,3-6H3/b16-10+. The number of hydrogen-bond acceptors (Lipinski definition) is 9. The molecule has 9 heteroatoms. The van der Waals surface area contributed by atoms with E-state index in [9.17, 15) is 19.5 Å². The van der Waals surface area contributed by atoms with Gasteiger partial charge in [-0.2, -0.15) is 0 Å². The second-order valence-corrected chi connectivity index (χ2v) is 8.82. The van der Waals surface area contributed by atoms with Gasteiger partial charge in [0.1, 0.15) is 24.1 Å². The lowest BCUT2D eigenvalue weighted by atomic mass is 9.82. The minimum absolute atomic E-state index is 0.0357. The average molecular weight is 450 g/mol. The lowest BCUT2D eigenvalue weighted by molar-refractivity contribution is -0.318. The lowest BCUT2D eigenvalue weighted by Crippen LogP contribution is -2.56. The molecule has 3 heterocycles. The minimum Gasteiger partial charge on any atom is -0.461 e. The molecule has 1 fully saturated rings. The van der Waals surface area contributed by atoms with Crippen molar-refractivity contribution in [3.8, 4) is 0 Å². The molecule has 4 unspecified atom stereocenters. The molecule has 3 rings (SSSR count). The fourth-order valence-electron chi connectivity index (χ4n) is 4.33. The van der Waals surface area contributed by atoms with Gasteiger partial charge in [-0.05, 0) is 40.2 Å². The Labute approximate surface area is 187 Å². The van der Waals surface area contributed by atoms with Crippen LogP contribution in [-0.4, -0.2) is 59.3 Å². The first kappa shape index (κ1) is 24.2. The van der Waals surface area contributed by atoms with E-state index in [-0.39, 0.29) is 42.1 Å². The smallest absolute Gasteiger partial charge is 0.343 e. The largest absolute Gasteiger partial charge is 0.461 e. The van der Waals surface area contributed by atoms with E-state index in [2.05, 4.69) is 6.58 Å². The van der Waals surface area contributed by atoms with Crippen LogP contribution in [0, 0.1) is 0 Å². The Hall–Kier alpha value is -2.49. The molecule has 4 atom stereocenters. The molecule has 0 aromatic carbocycles. The van der Waals surface area contributed by atoms with Crippen LogP contribution in [0.15, 0.2) is 35.1 Å². The van der Waals surface area contributed by atoms with Gasteiger partial charge in [-0.15, -0.1) is 0 Å². The van der Waals surface area contributed by atoms with Gasteiger partial charge in [0.25, 0.3) is 0 Å². The molecule has 2 bridgehead atoms. The Morgan fingerprint density at radius 3 is 2.56 bits per heavy atom. The summed E-state index contributed by atoms with van der Waals surface area (Å²) in [4.78, 5) is 36.5. The van der Waals surface area contributed by atoms with Crippen molar-refractivity contribution in [2.24, 2.45) is 0 Å². The molecule has 3 aliphatic rings. The lowest BCUT2D eigenvalue weighted by Gasteiger charge is -2.43. The van der Waals surface area contributed by atoms with Gasteiger partial charge in [0.05, 0.1) is 11.2 Å². The highest BCUT2D eigenvalue weighted by atomic mass is 16.7. The number of aliphatic hydroxyl groups is 1. The number of carbonyl (C=O) groups excluding carboxylic acids is 3. The predicted octanol–water partition coefficient (Wildman–Crippen LogP) is 2.23. The van der Waals surface area contributed by atoms with E-state index in [0.717, 1.165) is 0 Å². The second kappa shape index (κ2) is 8.46. The predicted molar refractivity (Wildman–Crippen MR) is 111 cm³/mol. The maximum Gasteiger partial charge on any atom is 0.343 e. The molecule has 0 aromatic heterocycles. The van der Waals surface area contributed by atoms with Crippen molar-refractivity contribution in [2.45, 2.75) is 77.0 Å². The van der Waals surface area contributed by atoms with Gasteiger partial charge in [0.2, 0.25) is 0 Å². The summed E-state index contributed by atoms with van der Waals surface area (Å²) in [6.07, 6.45) is 1.23. The Morgan fingerprint density at radius 1 is 1.28 bits per heavy atom. The third kappa shape index (κ3) is 4.37. The maximum atomic E-state index is 12.7. The summed E-state index contributed by atoms with van der Waals surface area (Å²) in [7, 11) is 0. The van der Waals surface area contributed by atoms with Gasteiger partial charge in [-0.25, -0.2) is 9.59 Å². The van der Waals surface area contributed by atoms with Crippen LogP contribution in [0.25, 0.3) is 0 Å². The molecule has 3 aliphatic heterocycles. The number of carbonyl (C=O) groups is 3. The van der Waals surface area contributed by atoms with Gasteiger partial charge in [0.15, 0.2) is 5.79 Å². The van der Waals surface area contributed by atoms with Crippen LogP contribution >= 0.6 is 0 Å². The number of ether oxygens (including phenoxy) is 5. The summed E-state index contributed by atoms with van der Waals surface area (Å²) in [6.45, 7) is 11.4. The number of fused-ring (bicyclic) bond motifs is 3. The summed E-state index contributed by atoms with van der Waals surface area (Å²) in [5, 5.41) is 11.6. The summed E-state index contributed by atoms with van der Waals surface area (Å²) >= 11 is 0. The summed E-state index contributed by atoms with van der Waals surface area (Å²) in [5.41, 5.74) is -2.13. The van der Waals surface area contributed by atoms with Crippen molar-refractivity contribution in [2.75, 3.05) is 13.2 Å². The molecule has 0 spiro atoms. The third-order valence-corrected chi connectivity index (χ3v) is 5.95. The van der Waals surface area contributed by atoms with E-state index < -0.39 is 41.0 Å². The maximum absolute atomic E-state index is 12.7. The minimum atomic E-state index is -1.62. The van der Waals surface area contributed by atoms with Gasteiger partial charge < -0.3 is 28.8 Å².